The van der Waals surface area contributed by atoms with E-state index in [1.165, 1.54) is 16.2 Å². The molecule has 0 radical (unpaired) electrons. The number of carbonyl (C=O) groups excluding carboxylic acids is 1. The van der Waals surface area contributed by atoms with Crippen molar-refractivity contribution in [1.29, 1.82) is 0 Å². The summed E-state index contributed by atoms with van der Waals surface area (Å²) in [7, 11) is 0. The molecule has 1 amide bonds. The highest BCUT2D eigenvalue weighted by atomic mass is 35.5. The van der Waals surface area contributed by atoms with E-state index in [2.05, 4.69) is 14.7 Å². The van der Waals surface area contributed by atoms with Crippen molar-refractivity contribution in [3.63, 3.8) is 0 Å². The van der Waals surface area contributed by atoms with E-state index in [-0.39, 0.29) is 12.4 Å². The van der Waals surface area contributed by atoms with Crippen molar-refractivity contribution in [2.24, 2.45) is 0 Å². The maximum absolute atomic E-state index is 12.6. The molecule has 0 fully saturated rings. The average Bonchev–Trinajstić information content (AvgIpc) is 3.29. The number of ether oxygens (including phenoxy) is 1. The minimum atomic E-state index is -4.69. The number of carbonyl (C=O) groups is 1. The van der Waals surface area contributed by atoms with Crippen LogP contribution in [0.15, 0.2) is 34.9 Å². The Bertz CT molecular complexity index is 1020. The van der Waals surface area contributed by atoms with Crippen LogP contribution < -0.4 is 4.74 Å². The number of benzene rings is 1. The third-order valence-electron chi connectivity index (χ3n) is 4.03. The molecule has 1 aromatic carbocycles. The largest absolute Gasteiger partial charge is 0.471 e. The van der Waals surface area contributed by atoms with Gasteiger partial charge in [0.25, 0.3) is 0 Å². The SMILES string of the molecule is O=C(Oc1ccc(Cl)cc1)N1CCc2sc(-c3noc(C(F)(F)F)n3)cc2C1. The average molecular weight is 430 g/mol. The second-order valence-electron chi connectivity index (χ2n) is 5.97. The van der Waals surface area contributed by atoms with Crippen LogP contribution in [0.4, 0.5) is 18.0 Å². The molecule has 0 atom stereocenters. The number of hydrogen-bond acceptors (Lipinski definition) is 6. The number of nitrogens with zero attached hydrogens (tertiary/aromatic N) is 3. The molecule has 0 aliphatic carbocycles. The number of hydrogen-bond donors (Lipinski definition) is 0. The number of halogens is 4. The van der Waals surface area contributed by atoms with E-state index in [0.29, 0.717) is 28.6 Å². The van der Waals surface area contributed by atoms with E-state index in [9.17, 15) is 18.0 Å². The molecule has 6 nitrogen and oxygen atoms in total. The lowest BCUT2D eigenvalue weighted by atomic mass is 10.1. The number of aromatic nitrogens is 2. The number of amides is 1. The Morgan fingerprint density at radius 2 is 2.04 bits per heavy atom. The molecule has 4 rings (SSSR count). The second kappa shape index (κ2) is 7.10. The Labute approximate surface area is 165 Å². The first kappa shape index (κ1) is 18.8. The molecule has 28 heavy (non-hydrogen) atoms. The van der Waals surface area contributed by atoms with Gasteiger partial charge in [-0.2, -0.15) is 18.2 Å². The maximum Gasteiger partial charge on any atom is 0.471 e. The highest BCUT2D eigenvalue weighted by molar-refractivity contribution is 7.15. The van der Waals surface area contributed by atoms with Crippen LogP contribution in [-0.2, 0) is 19.1 Å². The Kier molecular flexibility index (Phi) is 4.76. The molecule has 146 valence electrons. The van der Waals surface area contributed by atoms with Crippen LogP contribution in [0.3, 0.4) is 0 Å². The van der Waals surface area contributed by atoms with Crippen molar-refractivity contribution in [3.05, 3.63) is 51.7 Å². The van der Waals surface area contributed by atoms with E-state index in [1.54, 1.807) is 30.3 Å². The lowest BCUT2D eigenvalue weighted by molar-refractivity contribution is -0.159. The Hall–Kier alpha value is -2.59. The zero-order chi connectivity index (χ0) is 19.9. The highest BCUT2D eigenvalue weighted by Gasteiger charge is 2.38. The van der Waals surface area contributed by atoms with Gasteiger partial charge in [0.05, 0.1) is 11.4 Å². The fraction of sp³-hybridized carbons (Fsp3) is 0.235. The van der Waals surface area contributed by atoms with Crippen LogP contribution in [0.5, 0.6) is 5.75 Å². The molecule has 0 bridgehead atoms. The zero-order valence-electron chi connectivity index (χ0n) is 14.0. The zero-order valence-corrected chi connectivity index (χ0v) is 15.6. The lowest BCUT2D eigenvalue weighted by Gasteiger charge is -2.26. The van der Waals surface area contributed by atoms with Gasteiger partial charge in [0.15, 0.2) is 0 Å². The third-order valence-corrected chi connectivity index (χ3v) is 5.52. The van der Waals surface area contributed by atoms with Gasteiger partial charge in [-0.1, -0.05) is 16.8 Å². The van der Waals surface area contributed by atoms with Crippen molar-refractivity contribution in [2.45, 2.75) is 19.1 Å². The monoisotopic (exact) mass is 429 g/mol. The van der Waals surface area contributed by atoms with Gasteiger partial charge < -0.3 is 14.2 Å². The van der Waals surface area contributed by atoms with Gasteiger partial charge in [0.2, 0.25) is 5.82 Å². The Balaban J connectivity index is 1.48. The summed E-state index contributed by atoms with van der Waals surface area (Å²) >= 11 is 7.09. The molecule has 0 spiro atoms. The topological polar surface area (TPSA) is 68.5 Å². The molecule has 3 aromatic rings. The van der Waals surface area contributed by atoms with Gasteiger partial charge >= 0.3 is 18.2 Å². The molecule has 0 saturated carbocycles. The van der Waals surface area contributed by atoms with Gasteiger partial charge in [-0.15, -0.1) is 11.3 Å². The first-order valence-electron chi connectivity index (χ1n) is 8.05. The molecule has 2 aromatic heterocycles. The van der Waals surface area contributed by atoms with E-state index < -0.39 is 18.2 Å². The maximum atomic E-state index is 12.6. The highest BCUT2D eigenvalue weighted by Crippen LogP contribution is 2.35. The van der Waals surface area contributed by atoms with Gasteiger partial charge in [0, 0.05) is 16.4 Å². The number of alkyl halides is 3. The van der Waals surface area contributed by atoms with Crippen LogP contribution in [0, 0.1) is 0 Å². The fourth-order valence-electron chi connectivity index (χ4n) is 2.71. The fourth-order valence-corrected chi connectivity index (χ4v) is 3.92. The number of rotatable bonds is 2. The van der Waals surface area contributed by atoms with Crippen LogP contribution >= 0.6 is 22.9 Å². The minimum Gasteiger partial charge on any atom is -0.410 e. The summed E-state index contributed by atoms with van der Waals surface area (Å²) in [4.78, 5) is 18.7. The summed E-state index contributed by atoms with van der Waals surface area (Å²) in [5.41, 5.74) is 0.817. The van der Waals surface area contributed by atoms with Crippen LogP contribution in [-0.4, -0.2) is 27.7 Å². The van der Waals surface area contributed by atoms with Crippen LogP contribution in [0.25, 0.3) is 10.7 Å². The minimum absolute atomic E-state index is 0.123. The van der Waals surface area contributed by atoms with E-state index in [4.69, 9.17) is 16.3 Å². The van der Waals surface area contributed by atoms with E-state index in [1.807, 2.05) is 0 Å². The molecule has 0 saturated heterocycles. The summed E-state index contributed by atoms with van der Waals surface area (Å²) in [5.74, 6) is -1.14. The van der Waals surface area contributed by atoms with Crippen molar-refractivity contribution >= 4 is 29.0 Å². The van der Waals surface area contributed by atoms with Gasteiger partial charge in [-0.25, -0.2) is 4.79 Å². The lowest BCUT2D eigenvalue weighted by Crippen LogP contribution is -2.37. The first-order valence-corrected chi connectivity index (χ1v) is 9.24. The number of fused-ring (bicyclic) bond motifs is 1. The predicted molar refractivity (Wildman–Crippen MR) is 94.2 cm³/mol. The molecule has 0 unspecified atom stereocenters. The van der Waals surface area contributed by atoms with Gasteiger partial charge in [-0.3, -0.25) is 0 Å². The third kappa shape index (κ3) is 3.83. The van der Waals surface area contributed by atoms with Crippen LogP contribution in [0.2, 0.25) is 5.02 Å². The molecule has 11 heteroatoms. The molecule has 3 heterocycles. The van der Waals surface area contributed by atoms with E-state index >= 15 is 0 Å². The first-order chi connectivity index (χ1) is 13.3. The summed E-state index contributed by atoms with van der Waals surface area (Å²) in [6, 6.07) is 8.08. The molecule has 0 N–H and O–H groups in total. The summed E-state index contributed by atoms with van der Waals surface area (Å²) in [5, 5.41) is 3.93. The predicted octanol–water partition coefficient (Wildman–Crippen LogP) is 5.03. The van der Waals surface area contributed by atoms with Crippen molar-refractivity contribution < 1.29 is 27.2 Å². The quantitative estimate of drug-likeness (QED) is 0.571. The normalized spacial score (nSPS) is 14.1. The van der Waals surface area contributed by atoms with Crippen molar-refractivity contribution in [1.82, 2.24) is 15.0 Å². The smallest absolute Gasteiger partial charge is 0.410 e. The molecule has 1 aliphatic heterocycles. The molecule has 1 aliphatic rings. The van der Waals surface area contributed by atoms with Gasteiger partial charge in [-0.05, 0) is 42.3 Å². The standard InChI is InChI=1S/C17H11ClF3N3O3S/c18-10-1-3-11(4-2-10)26-16(25)24-6-5-12-9(8-24)7-13(28-12)14-22-15(27-23-14)17(19,20)21/h1-4,7H,5-6,8H2. The van der Waals surface area contributed by atoms with Crippen molar-refractivity contribution in [3.8, 4) is 16.5 Å². The van der Waals surface area contributed by atoms with Crippen molar-refractivity contribution in [2.75, 3.05) is 6.54 Å². The van der Waals surface area contributed by atoms with Crippen LogP contribution in [0.1, 0.15) is 16.3 Å². The van der Waals surface area contributed by atoms with E-state index in [0.717, 1.165) is 10.4 Å². The summed E-state index contributed by atoms with van der Waals surface area (Å²) in [6.45, 7) is 0.710. The summed E-state index contributed by atoms with van der Waals surface area (Å²) in [6.07, 6.45) is -4.65. The summed E-state index contributed by atoms with van der Waals surface area (Å²) < 4.78 is 47.5. The Morgan fingerprint density at radius 3 is 2.71 bits per heavy atom. The second-order valence-corrected chi connectivity index (χ2v) is 7.55. The number of thiophene rings is 1. The molecular weight excluding hydrogens is 419 g/mol. The molecular formula is C17H11ClF3N3O3S. The Morgan fingerprint density at radius 1 is 1.29 bits per heavy atom. The van der Waals surface area contributed by atoms with Gasteiger partial charge in [0.1, 0.15) is 5.75 Å².